The van der Waals surface area contributed by atoms with Gasteiger partial charge in [-0.05, 0) is 59.0 Å². The summed E-state index contributed by atoms with van der Waals surface area (Å²) in [5, 5.41) is 0. The maximum absolute atomic E-state index is 5.62. The fourth-order valence-corrected chi connectivity index (χ4v) is 1.94. The van der Waals surface area contributed by atoms with E-state index in [2.05, 4.69) is 22.6 Å². The lowest BCUT2D eigenvalue weighted by Crippen LogP contribution is -2.09. The molecule has 100 valence electrons. The third-order valence-electron chi connectivity index (χ3n) is 2.49. The number of rotatable bonds is 6. The molecule has 4 heteroatoms. The highest BCUT2D eigenvalue weighted by molar-refractivity contribution is 14.1. The summed E-state index contributed by atoms with van der Waals surface area (Å²) in [5.41, 5.74) is 0. The maximum atomic E-state index is 5.62. The third-order valence-corrected chi connectivity index (χ3v) is 3.21. The smallest absolute Gasteiger partial charge is 0.161 e. The minimum atomic E-state index is 0.479. The first kappa shape index (κ1) is 14.0. The van der Waals surface area contributed by atoms with Crippen LogP contribution in [0.25, 0.3) is 0 Å². The van der Waals surface area contributed by atoms with Gasteiger partial charge in [0.1, 0.15) is 19.0 Å². The van der Waals surface area contributed by atoms with Crippen molar-refractivity contribution in [1.29, 1.82) is 0 Å². The van der Waals surface area contributed by atoms with Crippen LogP contribution < -0.4 is 14.2 Å². The van der Waals surface area contributed by atoms with Crippen molar-refractivity contribution in [3.05, 3.63) is 52.1 Å². The van der Waals surface area contributed by atoms with E-state index in [1.807, 2.05) is 48.5 Å². The lowest BCUT2D eigenvalue weighted by molar-refractivity contribution is 0.211. The van der Waals surface area contributed by atoms with Crippen LogP contribution in [-0.2, 0) is 0 Å². The second-order valence-corrected chi connectivity index (χ2v) is 5.05. The highest BCUT2D eigenvalue weighted by Crippen LogP contribution is 2.25. The number of methoxy groups -OCH3 is 1. The van der Waals surface area contributed by atoms with Crippen molar-refractivity contribution in [3.63, 3.8) is 0 Å². The maximum Gasteiger partial charge on any atom is 0.161 e. The van der Waals surface area contributed by atoms with Crippen LogP contribution >= 0.6 is 22.6 Å². The van der Waals surface area contributed by atoms with Crippen LogP contribution in [0, 0.1) is 3.57 Å². The molecular weight excluding hydrogens is 355 g/mol. The van der Waals surface area contributed by atoms with Crippen LogP contribution in [0.4, 0.5) is 0 Å². The van der Waals surface area contributed by atoms with Crippen molar-refractivity contribution < 1.29 is 14.2 Å². The fraction of sp³-hybridized carbons (Fsp3) is 0.200. The van der Waals surface area contributed by atoms with Crippen molar-refractivity contribution in [2.75, 3.05) is 20.3 Å². The van der Waals surface area contributed by atoms with E-state index in [-0.39, 0.29) is 0 Å². The molecule has 0 saturated heterocycles. The zero-order valence-corrected chi connectivity index (χ0v) is 12.8. The highest BCUT2D eigenvalue weighted by Gasteiger charge is 2.02. The number of halogens is 1. The van der Waals surface area contributed by atoms with Gasteiger partial charge in [-0.25, -0.2) is 0 Å². The average molecular weight is 370 g/mol. The molecule has 0 spiro atoms. The molecule has 0 aliphatic carbocycles. The van der Waals surface area contributed by atoms with Crippen molar-refractivity contribution in [3.8, 4) is 17.2 Å². The molecule has 0 saturated carbocycles. The van der Waals surface area contributed by atoms with E-state index in [1.165, 1.54) is 3.57 Å². The van der Waals surface area contributed by atoms with Crippen LogP contribution in [0.1, 0.15) is 0 Å². The minimum Gasteiger partial charge on any atom is -0.493 e. The molecule has 0 aliphatic heterocycles. The molecule has 0 bridgehead atoms. The van der Waals surface area contributed by atoms with E-state index in [4.69, 9.17) is 14.2 Å². The molecule has 2 aromatic carbocycles. The van der Waals surface area contributed by atoms with E-state index < -0.39 is 0 Å². The number of para-hydroxylation sites is 2. The van der Waals surface area contributed by atoms with Gasteiger partial charge in [-0.15, -0.1) is 0 Å². The Morgan fingerprint density at radius 3 is 2.16 bits per heavy atom. The summed E-state index contributed by atoms with van der Waals surface area (Å²) in [6.45, 7) is 0.977. The van der Waals surface area contributed by atoms with Crippen molar-refractivity contribution >= 4 is 22.6 Å². The Kier molecular flexibility index (Phi) is 5.32. The normalized spacial score (nSPS) is 10.0. The summed E-state index contributed by atoms with van der Waals surface area (Å²) >= 11 is 2.26. The zero-order valence-electron chi connectivity index (χ0n) is 10.6. The first-order valence-electron chi connectivity index (χ1n) is 5.94. The van der Waals surface area contributed by atoms with Crippen LogP contribution in [0.3, 0.4) is 0 Å². The molecule has 0 heterocycles. The summed E-state index contributed by atoms with van der Waals surface area (Å²) in [7, 11) is 1.63. The Hall–Kier alpha value is -1.43. The highest BCUT2D eigenvalue weighted by atomic mass is 127. The van der Waals surface area contributed by atoms with Gasteiger partial charge in [0, 0.05) is 3.57 Å². The fourth-order valence-electron chi connectivity index (χ4n) is 1.58. The number of hydrogen-bond donors (Lipinski definition) is 0. The van der Waals surface area contributed by atoms with Gasteiger partial charge in [0.05, 0.1) is 7.11 Å². The lowest BCUT2D eigenvalue weighted by Gasteiger charge is -2.11. The summed E-state index contributed by atoms with van der Waals surface area (Å²) in [6.07, 6.45) is 0. The second-order valence-electron chi connectivity index (χ2n) is 3.80. The molecule has 0 aliphatic rings. The van der Waals surface area contributed by atoms with Gasteiger partial charge in [0.2, 0.25) is 0 Å². The third kappa shape index (κ3) is 4.31. The van der Waals surface area contributed by atoms with E-state index in [0.29, 0.717) is 13.2 Å². The van der Waals surface area contributed by atoms with E-state index in [0.717, 1.165) is 17.2 Å². The van der Waals surface area contributed by atoms with Gasteiger partial charge in [0.25, 0.3) is 0 Å². The molecule has 0 atom stereocenters. The molecule has 0 aromatic heterocycles. The summed E-state index contributed by atoms with van der Waals surface area (Å²) in [4.78, 5) is 0. The first-order valence-corrected chi connectivity index (χ1v) is 7.01. The molecular formula is C15H15IO3. The van der Waals surface area contributed by atoms with Crippen LogP contribution in [0.5, 0.6) is 17.2 Å². The van der Waals surface area contributed by atoms with Gasteiger partial charge >= 0.3 is 0 Å². The van der Waals surface area contributed by atoms with Crippen LogP contribution in [0.15, 0.2) is 48.5 Å². The van der Waals surface area contributed by atoms with Gasteiger partial charge in [-0.2, -0.15) is 0 Å². The number of hydrogen-bond acceptors (Lipinski definition) is 3. The Morgan fingerprint density at radius 2 is 1.47 bits per heavy atom. The van der Waals surface area contributed by atoms with Crippen molar-refractivity contribution in [2.45, 2.75) is 0 Å². The van der Waals surface area contributed by atoms with E-state index >= 15 is 0 Å². The molecule has 0 N–H and O–H groups in total. The predicted molar refractivity (Wildman–Crippen MR) is 83.1 cm³/mol. The summed E-state index contributed by atoms with van der Waals surface area (Å²) in [5.74, 6) is 2.32. The zero-order chi connectivity index (χ0) is 13.5. The van der Waals surface area contributed by atoms with Gasteiger partial charge < -0.3 is 14.2 Å². The quantitative estimate of drug-likeness (QED) is 0.573. The molecule has 2 aromatic rings. The van der Waals surface area contributed by atoms with Crippen molar-refractivity contribution in [1.82, 2.24) is 0 Å². The molecule has 0 unspecified atom stereocenters. The number of benzene rings is 2. The van der Waals surface area contributed by atoms with Gasteiger partial charge in [-0.3, -0.25) is 0 Å². The molecule has 19 heavy (non-hydrogen) atoms. The Balaban J connectivity index is 1.79. The van der Waals surface area contributed by atoms with Crippen LogP contribution in [0.2, 0.25) is 0 Å². The molecule has 0 fully saturated rings. The molecule has 3 nitrogen and oxygen atoms in total. The van der Waals surface area contributed by atoms with Gasteiger partial charge in [0.15, 0.2) is 11.5 Å². The van der Waals surface area contributed by atoms with E-state index in [9.17, 15) is 0 Å². The van der Waals surface area contributed by atoms with Gasteiger partial charge in [-0.1, -0.05) is 12.1 Å². The summed E-state index contributed by atoms with van der Waals surface area (Å²) < 4.78 is 17.6. The largest absolute Gasteiger partial charge is 0.493 e. The standard InChI is InChI=1S/C15H15IO3/c1-17-14-4-2-3-5-15(14)19-11-10-18-13-8-6-12(16)7-9-13/h2-9H,10-11H2,1H3. The lowest BCUT2D eigenvalue weighted by atomic mass is 10.3. The second kappa shape index (κ2) is 7.23. The SMILES string of the molecule is COc1ccccc1OCCOc1ccc(I)cc1. The topological polar surface area (TPSA) is 27.7 Å². The summed E-state index contributed by atoms with van der Waals surface area (Å²) in [6, 6.07) is 15.5. The Labute approximate surface area is 126 Å². The number of ether oxygens (including phenoxy) is 3. The predicted octanol–water partition coefficient (Wildman–Crippen LogP) is 3.76. The van der Waals surface area contributed by atoms with Crippen LogP contribution in [-0.4, -0.2) is 20.3 Å². The Morgan fingerprint density at radius 1 is 0.842 bits per heavy atom. The molecule has 0 radical (unpaired) electrons. The monoisotopic (exact) mass is 370 g/mol. The average Bonchev–Trinajstić information content (AvgIpc) is 2.46. The van der Waals surface area contributed by atoms with Crippen molar-refractivity contribution in [2.24, 2.45) is 0 Å². The first-order chi connectivity index (χ1) is 9.29. The molecule has 0 amide bonds. The minimum absolute atomic E-state index is 0.479. The molecule has 2 rings (SSSR count). The Bertz CT molecular complexity index is 511. The van der Waals surface area contributed by atoms with E-state index in [1.54, 1.807) is 7.11 Å².